The SMILES string of the molecule is Cc1ccc(NC(=S)NC(c2ccccc2C)C(C)C)nc1. The van der Waals surface area contributed by atoms with Crippen LogP contribution in [0.2, 0.25) is 0 Å². The van der Waals surface area contributed by atoms with E-state index in [4.69, 9.17) is 12.2 Å². The monoisotopic (exact) mass is 313 g/mol. The van der Waals surface area contributed by atoms with Crippen LogP contribution in [0.25, 0.3) is 0 Å². The molecule has 1 aromatic carbocycles. The molecule has 1 heterocycles. The Morgan fingerprint density at radius 1 is 1.09 bits per heavy atom. The Balaban J connectivity index is 2.10. The Morgan fingerprint density at radius 3 is 2.41 bits per heavy atom. The van der Waals surface area contributed by atoms with Crippen LogP contribution in [0.1, 0.15) is 36.6 Å². The van der Waals surface area contributed by atoms with Gasteiger partial charge in [0.25, 0.3) is 0 Å². The number of hydrogen-bond donors (Lipinski definition) is 2. The van der Waals surface area contributed by atoms with Crippen molar-refractivity contribution in [2.75, 3.05) is 5.32 Å². The van der Waals surface area contributed by atoms with Gasteiger partial charge in [0, 0.05) is 6.20 Å². The van der Waals surface area contributed by atoms with E-state index in [1.54, 1.807) is 0 Å². The molecule has 3 nitrogen and oxygen atoms in total. The van der Waals surface area contributed by atoms with Gasteiger partial charge in [-0.1, -0.05) is 44.2 Å². The molecule has 0 spiro atoms. The van der Waals surface area contributed by atoms with Crippen LogP contribution in [0.15, 0.2) is 42.6 Å². The number of nitrogens with one attached hydrogen (secondary N) is 2. The number of pyridine rings is 1. The second kappa shape index (κ2) is 7.36. The molecule has 2 aromatic rings. The molecule has 0 aliphatic carbocycles. The van der Waals surface area contributed by atoms with E-state index in [1.165, 1.54) is 11.1 Å². The van der Waals surface area contributed by atoms with Crippen molar-refractivity contribution in [2.45, 2.75) is 33.7 Å². The topological polar surface area (TPSA) is 37.0 Å². The lowest BCUT2D eigenvalue weighted by molar-refractivity contribution is 0.471. The Bertz CT molecular complexity index is 635. The first kappa shape index (κ1) is 16.4. The molecule has 0 saturated carbocycles. The van der Waals surface area contributed by atoms with Gasteiger partial charge in [-0.15, -0.1) is 0 Å². The third kappa shape index (κ3) is 4.28. The molecule has 0 aliphatic rings. The van der Waals surface area contributed by atoms with Gasteiger partial charge in [0.1, 0.15) is 5.82 Å². The number of thiocarbonyl (C=S) groups is 1. The van der Waals surface area contributed by atoms with Gasteiger partial charge in [-0.2, -0.15) is 0 Å². The average Bonchev–Trinajstić information content (AvgIpc) is 2.48. The van der Waals surface area contributed by atoms with Gasteiger partial charge in [0.15, 0.2) is 5.11 Å². The number of benzene rings is 1. The molecule has 0 saturated heterocycles. The second-order valence-corrected chi connectivity index (χ2v) is 6.31. The third-order valence-corrected chi connectivity index (χ3v) is 3.85. The second-order valence-electron chi connectivity index (χ2n) is 5.90. The number of hydrogen-bond acceptors (Lipinski definition) is 2. The van der Waals surface area contributed by atoms with Crippen LogP contribution in [0.3, 0.4) is 0 Å². The van der Waals surface area contributed by atoms with E-state index in [-0.39, 0.29) is 6.04 Å². The minimum Gasteiger partial charge on any atom is -0.355 e. The van der Waals surface area contributed by atoms with Crippen molar-refractivity contribution in [1.82, 2.24) is 10.3 Å². The zero-order valence-corrected chi connectivity index (χ0v) is 14.4. The third-order valence-electron chi connectivity index (χ3n) is 3.63. The zero-order valence-electron chi connectivity index (χ0n) is 13.6. The first-order chi connectivity index (χ1) is 10.5. The van der Waals surface area contributed by atoms with Crippen molar-refractivity contribution in [3.05, 3.63) is 59.3 Å². The van der Waals surface area contributed by atoms with Crippen LogP contribution in [0.4, 0.5) is 5.82 Å². The van der Waals surface area contributed by atoms with Crippen LogP contribution in [0.5, 0.6) is 0 Å². The fraction of sp³-hybridized carbons (Fsp3) is 0.333. The molecule has 1 aromatic heterocycles. The van der Waals surface area contributed by atoms with Gasteiger partial charge in [0.05, 0.1) is 6.04 Å². The zero-order chi connectivity index (χ0) is 16.1. The van der Waals surface area contributed by atoms with Crippen molar-refractivity contribution < 1.29 is 0 Å². The number of anilines is 1. The summed E-state index contributed by atoms with van der Waals surface area (Å²) in [6.45, 7) is 8.53. The molecule has 4 heteroatoms. The van der Waals surface area contributed by atoms with E-state index in [9.17, 15) is 0 Å². The van der Waals surface area contributed by atoms with Crippen LogP contribution >= 0.6 is 12.2 Å². The van der Waals surface area contributed by atoms with Crippen molar-refractivity contribution in [2.24, 2.45) is 5.92 Å². The average molecular weight is 313 g/mol. The fourth-order valence-electron chi connectivity index (χ4n) is 2.37. The van der Waals surface area contributed by atoms with Crippen molar-refractivity contribution in [3.8, 4) is 0 Å². The molecular formula is C18H23N3S. The molecule has 1 unspecified atom stereocenters. The van der Waals surface area contributed by atoms with Gasteiger partial charge in [-0.3, -0.25) is 0 Å². The van der Waals surface area contributed by atoms with Gasteiger partial charge >= 0.3 is 0 Å². The number of aryl methyl sites for hydroxylation is 2. The molecule has 0 aliphatic heterocycles. The van der Waals surface area contributed by atoms with Crippen LogP contribution in [-0.2, 0) is 0 Å². The molecule has 2 N–H and O–H groups in total. The fourth-order valence-corrected chi connectivity index (χ4v) is 2.61. The van der Waals surface area contributed by atoms with Crippen molar-refractivity contribution >= 4 is 23.1 Å². The number of aromatic nitrogens is 1. The minimum absolute atomic E-state index is 0.173. The highest BCUT2D eigenvalue weighted by Crippen LogP contribution is 2.24. The molecule has 116 valence electrons. The Labute approximate surface area is 138 Å². The lowest BCUT2D eigenvalue weighted by Crippen LogP contribution is -2.35. The largest absolute Gasteiger partial charge is 0.355 e. The summed E-state index contributed by atoms with van der Waals surface area (Å²) in [6.07, 6.45) is 1.83. The quantitative estimate of drug-likeness (QED) is 0.821. The Morgan fingerprint density at radius 2 is 1.82 bits per heavy atom. The molecule has 1 atom stereocenters. The van der Waals surface area contributed by atoms with E-state index in [1.807, 2.05) is 25.3 Å². The van der Waals surface area contributed by atoms with Crippen LogP contribution < -0.4 is 10.6 Å². The van der Waals surface area contributed by atoms with Gasteiger partial charge in [-0.25, -0.2) is 4.98 Å². The molecule has 0 amide bonds. The molecule has 0 fully saturated rings. The number of rotatable bonds is 4. The smallest absolute Gasteiger partial charge is 0.172 e. The highest BCUT2D eigenvalue weighted by atomic mass is 32.1. The van der Waals surface area contributed by atoms with E-state index in [2.05, 4.69) is 60.7 Å². The maximum absolute atomic E-state index is 5.45. The lowest BCUT2D eigenvalue weighted by Gasteiger charge is -2.26. The molecule has 0 bridgehead atoms. The standard InChI is InChI=1S/C18H23N3S/c1-12(2)17(15-8-6-5-7-14(15)4)21-18(22)20-16-10-9-13(3)11-19-16/h5-12,17H,1-4H3,(H2,19,20,21,22). The van der Waals surface area contributed by atoms with E-state index in [0.717, 1.165) is 11.4 Å². The van der Waals surface area contributed by atoms with Crippen LogP contribution in [0, 0.1) is 19.8 Å². The summed E-state index contributed by atoms with van der Waals surface area (Å²) in [6, 6.07) is 12.5. The van der Waals surface area contributed by atoms with Crippen LogP contribution in [-0.4, -0.2) is 10.1 Å². The summed E-state index contributed by atoms with van der Waals surface area (Å²) < 4.78 is 0. The van der Waals surface area contributed by atoms with E-state index >= 15 is 0 Å². The normalized spacial score (nSPS) is 12.0. The molecular weight excluding hydrogens is 290 g/mol. The summed E-state index contributed by atoms with van der Waals surface area (Å²) in [5.41, 5.74) is 3.67. The summed E-state index contributed by atoms with van der Waals surface area (Å²) in [4.78, 5) is 4.32. The molecule has 0 radical (unpaired) electrons. The maximum atomic E-state index is 5.45. The summed E-state index contributed by atoms with van der Waals surface area (Å²) in [5.74, 6) is 1.18. The Kier molecular flexibility index (Phi) is 5.50. The molecule has 2 rings (SSSR count). The number of nitrogens with zero attached hydrogens (tertiary/aromatic N) is 1. The maximum Gasteiger partial charge on any atom is 0.172 e. The van der Waals surface area contributed by atoms with Gasteiger partial charge in [0.2, 0.25) is 0 Å². The summed E-state index contributed by atoms with van der Waals surface area (Å²) >= 11 is 5.45. The summed E-state index contributed by atoms with van der Waals surface area (Å²) in [5, 5.41) is 7.17. The highest BCUT2D eigenvalue weighted by molar-refractivity contribution is 7.80. The van der Waals surface area contributed by atoms with Gasteiger partial charge < -0.3 is 10.6 Å². The Hall–Kier alpha value is -1.94. The van der Waals surface area contributed by atoms with Gasteiger partial charge in [-0.05, 0) is 54.7 Å². The predicted octanol–water partition coefficient (Wildman–Crippen LogP) is 4.38. The first-order valence-corrected chi connectivity index (χ1v) is 7.94. The molecule has 22 heavy (non-hydrogen) atoms. The predicted molar refractivity (Wildman–Crippen MR) is 97.1 cm³/mol. The first-order valence-electron chi connectivity index (χ1n) is 7.53. The summed E-state index contributed by atoms with van der Waals surface area (Å²) in [7, 11) is 0. The van der Waals surface area contributed by atoms with E-state index < -0.39 is 0 Å². The van der Waals surface area contributed by atoms with Crippen molar-refractivity contribution in [1.29, 1.82) is 0 Å². The minimum atomic E-state index is 0.173. The highest BCUT2D eigenvalue weighted by Gasteiger charge is 2.18. The lowest BCUT2D eigenvalue weighted by atomic mass is 9.93. The van der Waals surface area contributed by atoms with E-state index in [0.29, 0.717) is 11.0 Å². The van der Waals surface area contributed by atoms with Crippen molar-refractivity contribution in [3.63, 3.8) is 0 Å².